The molecule has 0 bridgehead atoms. The summed E-state index contributed by atoms with van der Waals surface area (Å²) in [6.45, 7) is 3.54. The third-order valence-electron chi connectivity index (χ3n) is 3.75. The number of thiophene rings is 1. The van der Waals surface area contributed by atoms with Crippen molar-refractivity contribution in [3.63, 3.8) is 0 Å². The van der Waals surface area contributed by atoms with Crippen LogP contribution in [0.25, 0.3) is 0 Å². The second kappa shape index (κ2) is 7.77. The van der Waals surface area contributed by atoms with Crippen LogP contribution in [0.1, 0.15) is 24.9 Å². The van der Waals surface area contributed by atoms with E-state index in [1.54, 1.807) is 7.11 Å². The normalized spacial score (nSPS) is 22.6. The monoisotopic (exact) mass is 398 g/mol. The maximum absolute atomic E-state index is 12.8. The third-order valence-corrected chi connectivity index (χ3v) is 9.12. The van der Waals surface area contributed by atoms with E-state index in [4.69, 9.17) is 14.6 Å². The molecule has 1 aromatic heterocycles. The molecule has 2 atom stereocenters. The van der Waals surface area contributed by atoms with Crippen molar-refractivity contribution < 1.29 is 26.3 Å². The van der Waals surface area contributed by atoms with Crippen molar-refractivity contribution in [3.8, 4) is 0 Å². The lowest BCUT2D eigenvalue weighted by atomic mass is 10.1. The van der Waals surface area contributed by atoms with E-state index < -0.39 is 31.2 Å². The van der Waals surface area contributed by atoms with E-state index in [9.17, 15) is 16.8 Å². The lowest BCUT2D eigenvalue weighted by Gasteiger charge is -2.20. The zero-order valence-electron chi connectivity index (χ0n) is 13.5. The fraction of sp³-hybridized carbons (Fsp3) is 0.692. The van der Waals surface area contributed by atoms with E-state index in [0.29, 0.717) is 43.1 Å². The molecule has 2 heterocycles. The summed E-state index contributed by atoms with van der Waals surface area (Å²) in [5, 5.41) is 7.57. The SMILES string of the molecule is CCNC1c2cc(S(N)(=O)=O)sc2S(=O)(=O)C1CCOCCOC. The molecule has 0 radical (unpaired) electrons. The summed E-state index contributed by atoms with van der Waals surface area (Å²) in [7, 11) is -5.99. The highest BCUT2D eigenvalue weighted by molar-refractivity contribution is 7.95. The van der Waals surface area contributed by atoms with E-state index in [2.05, 4.69) is 5.32 Å². The van der Waals surface area contributed by atoms with Gasteiger partial charge in [0.1, 0.15) is 8.42 Å². The van der Waals surface area contributed by atoms with Crippen LogP contribution < -0.4 is 10.5 Å². The van der Waals surface area contributed by atoms with Gasteiger partial charge in [-0.3, -0.25) is 0 Å². The Balaban J connectivity index is 2.25. The summed E-state index contributed by atoms with van der Waals surface area (Å²) >= 11 is 0.715. The minimum atomic E-state index is -3.93. The number of hydrogen-bond acceptors (Lipinski definition) is 8. The van der Waals surface area contributed by atoms with Crippen molar-refractivity contribution in [1.82, 2.24) is 5.32 Å². The number of nitrogens with two attached hydrogens (primary N) is 1. The fourth-order valence-corrected chi connectivity index (χ4v) is 7.43. The van der Waals surface area contributed by atoms with Gasteiger partial charge in [0.2, 0.25) is 10.0 Å². The predicted octanol–water partition coefficient (Wildman–Crippen LogP) is 0.255. The highest BCUT2D eigenvalue weighted by atomic mass is 32.3. The molecule has 1 aliphatic rings. The molecule has 1 aliphatic heterocycles. The van der Waals surface area contributed by atoms with Gasteiger partial charge in [0, 0.05) is 19.3 Å². The van der Waals surface area contributed by atoms with Gasteiger partial charge < -0.3 is 14.8 Å². The Kier molecular flexibility index (Phi) is 6.40. The summed E-state index contributed by atoms with van der Waals surface area (Å²) in [5.41, 5.74) is 0.479. The first-order chi connectivity index (χ1) is 11.2. The number of methoxy groups -OCH3 is 1. The Morgan fingerprint density at radius 2 is 2.04 bits per heavy atom. The van der Waals surface area contributed by atoms with E-state index in [-0.39, 0.29) is 15.0 Å². The van der Waals surface area contributed by atoms with E-state index in [1.807, 2.05) is 6.92 Å². The number of sulfonamides is 1. The summed E-state index contributed by atoms with van der Waals surface area (Å²) in [4.78, 5) is 0. The third kappa shape index (κ3) is 3.98. The summed E-state index contributed by atoms with van der Waals surface area (Å²) in [6, 6.07) is 0.902. The van der Waals surface area contributed by atoms with Crippen LogP contribution in [0.15, 0.2) is 14.5 Å². The van der Waals surface area contributed by atoms with Gasteiger partial charge in [-0.15, -0.1) is 11.3 Å². The molecule has 138 valence electrons. The molecule has 11 heteroatoms. The Bertz CT molecular complexity index is 772. The van der Waals surface area contributed by atoms with Crippen LogP contribution in [0.4, 0.5) is 0 Å². The molecule has 0 aromatic carbocycles. The molecule has 2 unspecified atom stereocenters. The highest BCUT2D eigenvalue weighted by Gasteiger charge is 2.46. The summed E-state index contributed by atoms with van der Waals surface area (Å²) in [6.07, 6.45) is 0.315. The highest BCUT2D eigenvalue weighted by Crippen LogP contribution is 2.46. The topological polar surface area (TPSA) is 125 Å². The molecule has 0 spiro atoms. The maximum atomic E-state index is 12.8. The van der Waals surface area contributed by atoms with E-state index >= 15 is 0 Å². The molecular weight excluding hydrogens is 376 g/mol. The van der Waals surface area contributed by atoms with E-state index in [1.165, 1.54) is 6.07 Å². The van der Waals surface area contributed by atoms with Gasteiger partial charge in [0.05, 0.1) is 24.5 Å². The quantitative estimate of drug-likeness (QED) is 0.571. The first-order valence-electron chi connectivity index (χ1n) is 7.44. The van der Waals surface area contributed by atoms with Crippen LogP contribution in [0.2, 0.25) is 0 Å². The van der Waals surface area contributed by atoms with Crippen molar-refractivity contribution in [1.29, 1.82) is 0 Å². The van der Waals surface area contributed by atoms with Crippen LogP contribution in [-0.4, -0.2) is 55.6 Å². The minimum Gasteiger partial charge on any atom is -0.382 e. The number of nitrogens with one attached hydrogen (secondary N) is 1. The lowest BCUT2D eigenvalue weighted by molar-refractivity contribution is 0.0683. The van der Waals surface area contributed by atoms with Gasteiger partial charge in [-0.05, 0) is 19.0 Å². The molecule has 2 rings (SSSR count). The Morgan fingerprint density at radius 3 is 2.62 bits per heavy atom. The molecular formula is C13H22N2O6S3. The second-order valence-electron chi connectivity index (χ2n) is 5.37. The molecule has 0 aliphatic carbocycles. The van der Waals surface area contributed by atoms with Crippen LogP contribution >= 0.6 is 11.3 Å². The van der Waals surface area contributed by atoms with Crippen molar-refractivity contribution in [2.45, 2.75) is 33.1 Å². The second-order valence-corrected chi connectivity index (χ2v) is 10.6. The first-order valence-corrected chi connectivity index (χ1v) is 11.3. The Hall–Kier alpha value is -0.560. The largest absolute Gasteiger partial charge is 0.382 e. The minimum absolute atomic E-state index is 0.0827. The molecule has 0 saturated heterocycles. The fourth-order valence-electron chi connectivity index (χ4n) is 2.69. The molecule has 0 saturated carbocycles. The van der Waals surface area contributed by atoms with Gasteiger partial charge >= 0.3 is 0 Å². The molecule has 8 nitrogen and oxygen atoms in total. The summed E-state index contributed by atoms with van der Waals surface area (Å²) in [5.74, 6) is 0. The zero-order valence-corrected chi connectivity index (χ0v) is 16.0. The van der Waals surface area contributed by atoms with Gasteiger partial charge in [-0.2, -0.15) is 0 Å². The first kappa shape index (κ1) is 19.8. The van der Waals surface area contributed by atoms with Crippen LogP contribution in [0.5, 0.6) is 0 Å². The number of rotatable bonds is 9. The van der Waals surface area contributed by atoms with Gasteiger partial charge in [-0.1, -0.05) is 6.92 Å². The van der Waals surface area contributed by atoms with Crippen molar-refractivity contribution >= 4 is 31.2 Å². The van der Waals surface area contributed by atoms with Gasteiger partial charge in [-0.25, -0.2) is 22.0 Å². The van der Waals surface area contributed by atoms with Crippen molar-refractivity contribution in [2.24, 2.45) is 5.14 Å². The Labute approximate surface area is 146 Å². The van der Waals surface area contributed by atoms with Crippen molar-refractivity contribution in [2.75, 3.05) is 33.5 Å². The van der Waals surface area contributed by atoms with Crippen LogP contribution in [0, 0.1) is 0 Å². The molecule has 3 N–H and O–H groups in total. The Morgan fingerprint density at radius 1 is 1.33 bits per heavy atom. The zero-order chi connectivity index (χ0) is 18.0. The number of ether oxygens (including phenoxy) is 2. The average molecular weight is 399 g/mol. The number of hydrogen-bond donors (Lipinski definition) is 2. The number of primary sulfonamides is 1. The van der Waals surface area contributed by atoms with Crippen LogP contribution in [-0.2, 0) is 29.3 Å². The molecule has 1 aromatic rings. The van der Waals surface area contributed by atoms with Gasteiger partial charge in [0.25, 0.3) is 0 Å². The maximum Gasteiger partial charge on any atom is 0.247 e. The molecule has 0 fully saturated rings. The lowest BCUT2D eigenvalue weighted by Crippen LogP contribution is -2.33. The average Bonchev–Trinajstić information content (AvgIpc) is 3.01. The molecule has 0 amide bonds. The summed E-state index contributed by atoms with van der Waals surface area (Å²) < 4.78 is 58.8. The smallest absolute Gasteiger partial charge is 0.247 e. The number of fused-ring (bicyclic) bond motifs is 1. The van der Waals surface area contributed by atoms with E-state index in [0.717, 1.165) is 0 Å². The van der Waals surface area contributed by atoms with Gasteiger partial charge in [0.15, 0.2) is 9.84 Å². The van der Waals surface area contributed by atoms with Crippen LogP contribution in [0.3, 0.4) is 0 Å². The standard InChI is InChI=1S/C13H22N2O6S3/c1-3-15-12-9-8-11(24(14,18)19)22-13(9)23(16,17)10(12)4-5-21-7-6-20-2/h8,10,12,15H,3-7H2,1-2H3,(H2,14,18,19). The molecule has 24 heavy (non-hydrogen) atoms. The van der Waals surface area contributed by atoms with Crippen molar-refractivity contribution in [3.05, 3.63) is 11.6 Å². The predicted molar refractivity (Wildman–Crippen MR) is 90.4 cm³/mol. The number of sulfone groups is 1.